The molecule has 2 rings (SSSR count). The fourth-order valence-electron chi connectivity index (χ4n) is 2.42. The largest absolute Gasteiger partial charge is 0.494 e. The van der Waals surface area contributed by atoms with Gasteiger partial charge in [-0.1, -0.05) is 56.9 Å². The van der Waals surface area contributed by atoms with Gasteiger partial charge in [-0.3, -0.25) is 4.79 Å². The number of hydrogen-bond donors (Lipinski definition) is 1. The topological polar surface area (TPSA) is 47.6 Å². The Morgan fingerprint density at radius 1 is 0.880 bits per heavy atom. The summed E-state index contributed by atoms with van der Waals surface area (Å²) in [7, 11) is 0. The van der Waals surface area contributed by atoms with Gasteiger partial charge in [-0.2, -0.15) is 0 Å². The lowest BCUT2D eigenvalue weighted by molar-refractivity contribution is -0.118. The number of ether oxygens (including phenoxy) is 2. The summed E-state index contributed by atoms with van der Waals surface area (Å²) in [4.78, 5) is 12.0. The molecule has 0 aliphatic carbocycles. The summed E-state index contributed by atoms with van der Waals surface area (Å²) in [5.74, 6) is 1.26. The molecule has 0 spiro atoms. The fourth-order valence-corrected chi connectivity index (χ4v) is 2.42. The zero-order valence-electron chi connectivity index (χ0n) is 14.9. The van der Waals surface area contributed by atoms with E-state index in [9.17, 15) is 4.79 Å². The Bertz CT molecular complexity index is 628. The maximum Gasteiger partial charge on any atom is 0.262 e. The maximum atomic E-state index is 12.0. The van der Waals surface area contributed by atoms with Gasteiger partial charge < -0.3 is 14.8 Å². The maximum absolute atomic E-state index is 12.0. The number of nitrogens with one attached hydrogen (secondary N) is 1. The van der Waals surface area contributed by atoms with Gasteiger partial charge >= 0.3 is 0 Å². The summed E-state index contributed by atoms with van der Waals surface area (Å²) in [5, 5.41) is 2.83. The van der Waals surface area contributed by atoms with Crippen LogP contribution in [0.3, 0.4) is 0 Å². The quantitative estimate of drug-likeness (QED) is 0.582. The number of unbranched alkanes of at least 4 members (excludes halogenated alkanes) is 4. The molecule has 0 heterocycles. The zero-order valence-corrected chi connectivity index (χ0v) is 14.9. The average molecular weight is 341 g/mol. The first-order valence-electron chi connectivity index (χ1n) is 8.98. The molecule has 134 valence electrons. The second kappa shape index (κ2) is 11.1. The molecule has 1 amide bonds. The van der Waals surface area contributed by atoms with Crippen molar-refractivity contribution in [2.75, 3.05) is 18.5 Å². The number of hydrogen-bond acceptors (Lipinski definition) is 3. The molecule has 0 unspecified atom stereocenters. The summed E-state index contributed by atoms with van der Waals surface area (Å²) in [6.45, 7) is 2.89. The Balaban J connectivity index is 1.71. The smallest absolute Gasteiger partial charge is 0.262 e. The van der Waals surface area contributed by atoms with Gasteiger partial charge in [-0.25, -0.2) is 0 Å². The number of carbonyl (C=O) groups excluding carboxylic acids is 1. The van der Waals surface area contributed by atoms with Crippen molar-refractivity contribution < 1.29 is 14.3 Å². The SMILES string of the molecule is CCCCCCCOc1cccc(NC(=O)COc2ccccc2)c1. The minimum absolute atomic E-state index is 0.0213. The molecule has 0 saturated heterocycles. The molecule has 0 aliphatic heterocycles. The third-order valence-electron chi connectivity index (χ3n) is 3.75. The molecule has 1 N–H and O–H groups in total. The Morgan fingerprint density at radius 2 is 1.64 bits per heavy atom. The van der Waals surface area contributed by atoms with Gasteiger partial charge in [0.15, 0.2) is 6.61 Å². The molecule has 0 bridgehead atoms. The molecule has 4 heteroatoms. The number of rotatable bonds is 11. The van der Waals surface area contributed by atoms with Crippen LogP contribution in [0.2, 0.25) is 0 Å². The number of amides is 1. The first-order valence-corrected chi connectivity index (χ1v) is 8.98. The minimum Gasteiger partial charge on any atom is -0.494 e. The highest BCUT2D eigenvalue weighted by atomic mass is 16.5. The molecular formula is C21H27NO3. The first kappa shape index (κ1) is 18.8. The van der Waals surface area contributed by atoms with Crippen LogP contribution >= 0.6 is 0 Å². The van der Waals surface area contributed by atoms with Crippen molar-refractivity contribution in [3.8, 4) is 11.5 Å². The molecule has 0 saturated carbocycles. The van der Waals surface area contributed by atoms with E-state index in [1.165, 1.54) is 25.7 Å². The lowest BCUT2D eigenvalue weighted by atomic mass is 10.2. The van der Waals surface area contributed by atoms with Crippen molar-refractivity contribution in [1.29, 1.82) is 0 Å². The van der Waals surface area contributed by atoms with E-state index in [1.54, 1.807) is 0 Å². The second-order valence-corrected chi connectivity index (χ2v) is 5.94. The van der Waals surface area contributed by atoms with E-state index in [2.05, 4.69) is 12.2 Å². The van der Waals surface area contributed by atoms with E-state index in [-0.39, 0.29) is 12.5 Å². The van der Waals surface area contributed by atoms with Gasteiger partial charge in [0.05, 0.1) is 6.61 Å². The predicted octanol–water partition coefficient (Wildman–Crippen LogP) is 5.05. The van der Waals surface area contributed by atoms with Gasteiger partial charge in [-0.05, 0) is 30.7 Å². The van der Waals surface area contributed by atoms with Crippen LogP contribution in [0.5, 0.6) is 11.5 Å². The third-order valence-corrected chi connectivity index (χ3v) is 3.75. The van der Waals surface area contributed by atoms with Crippen molar-refractivity contribution >= 4 is 11.6 Å². The van der Waals surface area contributed by atoms with Crippen molar-refractivity contribution in [2.24, 2.45) is 0 Å². The summed E-state index contributed by atoms with van der Waals surface area (Å²) < 4.78 is 11.2. The minimum atomic E-state index is -0.194. The van der Waals surface area contributed by atoms with Gasteiger partial charge in [0.2, 0.25) is 0 Å². The van der Waals surface area contributed by atoms with E-state index in [1.807, 2.05) is 54.6 Å². The van der Waals surface area contributed by atoms with Crippen LogP contribution in [0.15, 0.2) is 54.6 Å². The molecule has 4 nitrogen and oxygen atoms in total. The molecule has 0 fully saturated rings. The van der Waals surface area contributed by atoms with Gasteiger partial charge in [0.1, 0.15) is 11.5 Å². The van der Waals surface area contributed by atoms with E-state index >= 15 is 0 Å². The van der Waals surface area contributed by atoms with Gasteiger partial charge in [-0.15, -0.1) is 0 Å². The van der Waals surface area contributed by atoms with E-state index < -0.39 is 0 Å². The number of anilines is 1. The third kappa shape index (κ3) is 7.75. The summed E-state index contributed by atoms with van der Waals surface area (Å²) >= 11 is 0. The standard InChI is InChI=1S/C21H27NO3/c1-2-3-4-5-9-15-24-20-14-10-11-18(16-20)22-21(23)17-25-19-12-7-6-8-13-19/h6-8,10-14,16H,2-5,9,15,17H2,1H3,(H,22,23). The monoisotopic (exact) mass is 341 g/mol. The molecule has 0 atom stereocenters. The zero-order chi connectivity index (χ0) is 17.7. The Labute approximate surface area is 150 Å². The summed E-state index contributed by atoms with van der Waals surface area (Å²) in [6.07, 6.45) is 6.04. The van der Waals surface area contributed by atoms with Crippen molar-refractivity contribution in [3.63, 3.8) is 0 Å². The summed E-state index contributed by atoms with van der Waals surface area (Å²) in [6, 6.07) is 16.8. The molecule has 2 aromatic rings. The molecule has 2 aromatic carbocycles. The van der Waals surface area contributed by atoms with Crippen LogP contribution in [0.4, 0.5) is 5.69 Å². The number of benzene rings is 2. The normalized spacial score (nSPS) is 10.3. The molecule has 0 radical (unpaired) electrons. The highest BCUT2D eigenvalue weighted by molar-refractivity contribution is 5.92. The van der Waals surface area contributed by atoms with Crippen molar-refractivity contribution in [3.05, 3.63) is 54.6 Å². The van der Waals surface area contributed by atoms with Gasteiger partial charge in [0, 0.05) is 11.8 Å². The Kier molecular flexibility index (Phi) is 8.39. The lowest BCUT2D eigenvalue weighted by Crippen LogP contribution is -2.20. The molecule has 0 aliphatic rings. The molecule has 0 aromatic heterocycles. The average Bonchev–Trinajstić information content (AvgIpc) is 2.64. The Hall–Kier alpha value is -2.49. The summed E-state index contributed by atoms with van der Waals surface area (Å²) in [5.41, 5.74) is 0.713. The lowest BCUT2D eigenvalue weighted by Gasteiger charge is -2.10. The predicted molar refractivity (Wildman–Crippen MR) is 101 cm³/mol. The van der Waals surface area contributed by atoms with E-state index in [0.717, 1.165) is 12.2 Å². The van der Waals surface area contributed by atoms with Crippen molar-refractivity contribution in [1.82, 2.24) is 0 Å². The van der Waals surface area contributed by atoms with Crippen LogP contribution < -0.4 is 14.8 Å². The Morgan fingerprint density at radius 3 is 2.44 bits per heavy atom. The van der Waals surface area contributed by atoms with Crippen LogP contribution in [0.1, 0.15) is 39.0 Å². The van der Waals surface area contributed by atoms with Crippen LogP contribution in [0, 0.1) is 0 Å². The van der Waals surface area contributed by atoms with Crippen LogP contribution in [0.25, 0.3) is 0 Å². The second-order valence-electron chi connectivity index (χ2n) is 5.94. The first-order chi connectivity index (χ1) is 12.3. The number of para-hydroxylation sites is 1. The number of carbonyl (C=O) groups is 1. The van der Waals surface area contributed by atoms with Gasteiger partial charge in [0.25, 0.3) is 5.91 Å². The van der Waals surface area contributed by atoms with Crippen molar-refractivity contribution in [2.45, 2.75) is 39.0 Å². The molecular weight excluding hydrogens is 314 g/mol. The van der Waals surface area contributed by atoms with E-state index in [0.29, 0.717) is 18.0 Å². The van der Waals surface area contributed by atoms with E-state index in [4.69, 9.17) is 9.47 Å². The highest BCUT2D eigenvalue weighted by Gasteiger charge is 2.05. The van der Waals surface area contributed by atoms with Crippen LogP contribution in [-0.4, -0.2) is 19.1 Å². The fraction of sp³-hybridized carbons (Fsp3) is 0.381. The molecule has 25 heavy (non-hydrogen) atoms. The van der Waals surface area contributed by atoms with Crippen LogP contribution in [-0.2, 0) is 4.79 Å². The highest BCUT2D eigenvalue weighted by Crippen LogP contribution is 2.18.